The first-order valence-corrected chi connectivity index (χ1v) is 29.8. The van der Waals surface area contributed by atoms with E-state index in [4.69, 9.17) is 14.2 Å². The number of hydrogen-bond acceptors (Lipinski definition) is 10. The molecule has 0 bridgehead atoms. The number of carbonyl (C=O) groups is 2. The van der Waals surface area contributed by atoms with Crippen LogP contribution in [0.1, 0.15) is 271 Å². The molecule has 0 aromatic heterocycles. The molecule has 7 atom stereocenters. The van der Waals surface area contributed by atoms with Crippen LogP contribution in [0.4, 0.5) is 0 Å². The van der Waals surface area contributed by atoms with Crippen molar-refractivity contribution in [3.8, 4) is 0 Å². The van der Waals surface area contributed by atoms with Gasteiger partial charge in [-0.25, -0.2) is 0 Å². The van der Waals surface area contributed by atoms with E-state index < -0.39 is 49.5 Å². The van der Waals surface area contributed by atoms with Crippen LogP contribution in [0.5, 0.6) is 0 Å². The lowest BCUT2D eigenvalue weighted by Crippen LogP contribution is -2.60. The van der Waals surface area contributed by atoms with Crippen molar-refractivity contribution in [3.63, 3.8) is 0 Å². The van der Waals surface area contributed by atoms with Crippen LogP contribution in [0.3, 0.4) is 0 Å². The summed E-state index contributed by atoms with van der Waals surface area (Å²) in [6, 6.07) is -0.825. The number of hydrogen-bond donors (Lipinski definition) is 6. The molecule has 71 heavy (non-hydrogen) atoms. The Morgan fingerprint density at radius 2 is 0.930 bits per heavy atom. The fourth-order valence-electron chi connectivity index (χ4n) is 9.25. The third-order valence-electron chi connectivity index (χ3n) is 14.0. The van der Waals surface area contributed by atoms with Gasteiger partial charge in [0.25, 0.3) is 0 Å². The van der Waals surface area contributed by atoms with Gasteiger partial charge in [-0.15, -0.1) is 0 Å². The van der Waals surface area contributed by atoms with E-state index in [9.17, 15) is 35.1 Å². The van der Waals surface area contributed by atoms with E-state index in [2.05, 4.69) is 43.5 Å². The summed E-state index contributed by atoms with van der Waals surface area (Å²) < 4.78 is 16.7. The summed E-state index contributed by atoms with van der Waals surface area (Å²) >= 11 is 0. The van der Waals surface area contributed by atoms with E-state index in [1.165, 1.54) is 141 Å². The van der Waals surface area contributed by atoms with Gasteiger partial charge < -0.3 is 45.1 Å². The van der Waals surface area contributed by atoms with Gasteiger partial charge >= 0.3 is 5.97 Å². The van der Waals surface area contributed by atoms with Crippen molar-refractivity contribution >= 4 is 11.9 Å². The molecule has 7 unspecified atom stereocenters. The molecule has 0 aliphatic carbocycles. The highest BCUT2D eigenvalue weighted by Crippen LogP contribution is 2.23. The van der Waals surface area contributed by atoms with Gasteiger partial charge in [-0.2, -0.15) is 0 Å². The van der Waals surface area contributed by atoms with E-state index in [1.807, 2.05) is 6.08 Å². The van der Waals surface area contributed by atoms with E-state index >= 15 is 0 Å². The molecular formula is C60H111NO10. The van der Waals surface area contributed by atoms with E-state index in [-0.39, 0.29) is 18.5 Å². The SMILES string of the molecule is CCCCCCCCC/C=C/C(O)C(COC1OC(CO)C(O)C(O)C1O)NC(=O)CCCCCCCC/C=C\C=C/CCCCCOC(=O)CCCCCCCCCCCCCCCCCCCCC. The molecule has 0 saturated carbocycles. The Labute approximate surface area is 434 Å². The first-order valence-electron chi connectivity index (χ1n) is 29.8. The fraction of sp³-hybridized carbons (Fsp3) is 0.867. The minimum atomic E-state index is -1.58. The lowest BCUT2D eigenvalue weighted by Gasteiger charge is -2.40. The summed E-state index contributed by atoms with van der Waals surface area (Å²) in [5.41, 5.74) is 0. The monoisotopic (exact) mass is 1010 g/mol. The number of aliphatic hydroxyl groups excluding tert-OH is 5. The Bertz CT molecular complexity index is 1280. The molecule has 1 aliphatic heterocycles. The molecule has 0 aromatic rings. The predicted octanol–water partition coefficient (Wildman–Crippen LogP) is 13.5. The minimum Gasteiger partial charge on any atom is -0.466 e. The summed E-state index contributed by atoms with van der Waals surface area (Å²) in [4.78, 5) is 25.1. The van der Waals surface area contributed by atoms with Crippen LogP contribution in [0, 0.1) is 0 Å². The summed E-state index contributed by atoms with van der Waals surface area (Å²) in [6.07, 6.45) is 51.1. The molecule has 0 spiro atoms. The predicted molar refractivity (Wildman–Crippen MR) is 292 cm³/mol. The second kappa shape index (κ2) is 50.1. The van der Waals surface area contributed by atoms with Gasteiger partial charge in [0.2, 0.25) is 5.91 Å². The van der Waals surface area contributed by atoms with Gasteiger partial charge in [-0.3, -0.25) is 9.59 Å². The summed E-state index contributed by atoms with van der Waals surface area (Å²) in [6.45, 7) is 4.25. The zero-order valence-electron chi connectivity index (χ0n) is 45.7. The van der Waals surface area contributed by atoms with Crippen LogP contribution in [-0.4, -0.2) is 100 Å². The zero-order chi connectivity index (χ0) is 51.7. The summed E-state index contributed by atoms with van der Waals surface area (Å²) in [7, 11) is 0. The van der Waals surface area contributed by atoms with Crippen LogP contribution in [0.15, 0.2) is 36.5 Å². The molecule has 0 aromatic carbocycles. The third kappa shape index (κ3) is 39.9. The van der Waals surface area contributed by atoms with Gasteiger partial charge in [-0.1, -0.05) is 230 Å². The molecular weight excluding hydrogens is 895 g/mol. The number of unbranched alkanes of at least 4 members (excludes halogenated alkanes) is 34. The highest BCUT2D eigenvalue weighted by Gasteiger charge is 2.44. The van der Waals surface area contributed by atoms with E-state index in [0.717, 1.165) is 103 Å². The number of allylic oxidation sites excluding steroid dienone is 5. The Kier molecular flexibility index (Phi) is 47.2. The zero-order valence-corrected chi connectivity index (χ0v) is 45.7. The topological polar surface area (TPSA) is 175 Å². The van der Waals surface area contributed by atoms with Crippen LogP contribution in [0.25, 0.3) is 0 Å². The van der Waals surface area contributed by atoms with E-state index in [1.54, 1.807) is 6.08 Å². The number of amides is 1. The van der Waals surface area contributed by atoms with Crippen molar-refractivity contribution in [3.05, 3.63) is 36.5 Å². The van der Waals surface area contributed by atoms with Crippen molar-refractivity contribution in [1.82, 2.24) is 5.32 Å². The Hall–Kier alpha value is -2.12. The van der Waals surface area contributed by atoms with E-state index in [0.29, 0.717) is 19.4 Å². The first kappa shape index (κ1) is 66.9. The van der Waals surface area contributed by atoms with Crippen molar-refractivity contribution < 1.29 is 49.3 Å². The quantitative estimate of drug-likeness (QED) is 0.0149. The van der Waals surface area contributed by atoms with Gasteiger partial charge in [0.1, 0.15) is 24.4 Å². The lowest BCUT2D eigenvalue weighted by molar-refractivity contribution is -0.302. The molecule has 1 saturated heterocycles. The van der Waals surface area contributed by atoms with Gasteiger partial charge in [0, 0.05) is 12.8 Å². The molecule has 1 fully saturated rings. The van der Waals surface area contributed by atoms with Gasteiger partial charge in [0.15, 0.2) is 6.29 Å². The highest BCUT2D eigenvalue weighted by atomic mass is 16.7. The Morgan fingerprint density at radius 1 is 0.521 bits per heavy atom. The normalized spacial score (nSPS) is 19.3. The van der Waals surface area contributed by atoms with Crippen LogP contribution in [-0.2, 0) is 23.8 Å². The maximum atomic E-state index is 13.0. The minimum absolute atomic E-state index is 0.0366. The number of carbonyl (C=O) groups excluding carboxylic acids is 2. The summed E-state index contributed by atoms with van der Waals surface area (Å²) in [5.74, 6) is -0.243. The molecule has 1 heterocycles. The second-order valence-corrected chi connectivity index (χ2v) is 20.7. The average molecular weight is 1010 g/mol. The number of esters is 1. The molecule has 0 radical (unpaired) electrons. The van der Waals surface area contributed by atoms with Crippen molar-refractivity contribution in [2.75, 3.05) is 19.8 Å². The molecule has 1 aliphatic rings. The van der Waals surface area contributed by atoms with Crippen molar-refractivity contribution in [2.45, 2.75) is 314 Å². The number of ether oxygens (including phenoxy) is 3. The largest absolute Gasteiger partial charge is 0.466 e. The number of nitrogens with one attached hydrogen (secondary N) is 1. The Balaban J connectivity index is 2.06. The van der Waals surface area contributed by atoms with Gasteiger partial charge in [-0.05, 0) is 64.2 Å². The smallest absolute Gasteiger partial charge is 0.305 e. The number of aliphatic hydroxyl groups is 5. The second-order valence-electron chi connectivity index (χ2n) is 20.7. The maximum absolute atomic E-state index is 13.0. The average Bonchev–Trinajstić information content (AvgIpc) is 3.37. The fourth-order valence-corrected chi connectivity index (χ4v) is 9.25. The maximum Gasteiger partial charge on any atom is 0.305 e. The number of rotatable bonds is 51. The lowest BCUT2D eigenvalue weighted by atomic mass is 9.99. The van der Waals surface area contributed by atoms with Crippen molar-refractivity contribution in [2.24, 2.45) is 0 Å². The molecule has 11 nitrogen and oxygen atoms in total. The third-order valence-corrected chi connectivity index (χ3v) is 14.0. The van der Waals surface area contributed by atoms with Crippen LogP contribution >= 0.6 is 0 Å². The van der Waals surface area contributed by atoms with Crippen molar-refractivity contribution in [1.29, 1.82) is 0 Å². The van der Waals surface area contributed by atoms with Crippen LogP contribution < -0.4 is 5.32 Å². The molecule has 11 heteroatoms. The summed E-state index contributed by atoms with van der Waals surface area (Å²) in [5, 5.41) is 54.1. The first-order chi connectivity index (χ1) is 34.7. The Morgan fingerprint density at radius 3 is 1.39 bits per heavy atom. The molecule has 6 N–H and O–H groups in total. The standard InChI is InChI=1S/C60H111NO10/c1-3-5-7-9-11-13-14-15-16-17-18-19-22-25-28-32-36-40-44-48-56(65)69-49-45-41-37-33-29-26-23-20-21-24-27-31-35-39-43-47-55(64)61-52(53(63)46-42-38-34-30-12-10-8-6-4-2)51-70-60-59(68)58(67)57(66)54(50-62)71-60/h20,23,26,29,42,46,52-54,57-60,62-63,66-68H,3-19,21-22,24-25,27-28,30-41,43-45,47-51H2,1-2H3,(H,61,64)/b23-20-,29-26-,46-42+. The van der Waals surface area contributed by atoms with Gasteiger partial charge in [0.05, 0.1) is 32.0 Å². The highest BCUT2D eigenvalue weighted by molar-refractivity contribution is 5.76. The molecule has 1 amide bonds. The molecule has 1 rings (SSSR count). The van der Waals surface area contributed by atoms with Crippen LogP contribution in [0.2, 0.25) is 0 Å². The molecule has 416 valence electrons.